The zero-order valence-electron chi connectivity index (χ0n) is 11.9. The summed E-state index contributed by atoms with van der Waals surface area (Å²) < 4.78 is 0. The summed E-state index contributed by atoms with van der Waals surface area (Å²) in [5.74, 6) is -0.375. The minimum absolute atomic E-state index is 0.158. The maximum absolute atomic E-state index is 12.1. The normalized spacial score (nSPS) is 10.0. The van der Waals surface area contributed by atoms with Crippen molar-refractivity contribution in [3.8, 4) is 0 Å². The predicted octanol–water partition coefficient (Wildman–Crippen LogP) is 2.19. The molecule has 2 rings (SSSR count). The predicted molar refractivity (Wildman–Crippen MR) is 83.4 cm³/mol. The van der Waals surface area contributed by atoms with Gasteiger partial charge in [0.2, 0.25) is 0 Å². The second-order valence-corrected chi connectivity index (χ2v) is 4.68. The molecule has 4 N–H and O–H groups in total. The van der Waals surface area contributed by atoms with Gasteiger partial charge < -0.3 is 16.4 Å². The van der Waals surface area contributed by atoms with Crippen molar-refractivity contribution < 1.29 is 9.59 Å². The highest BCUT2D eigenvalue weighted by atomic mass is 16.2. The summed E-state index contributed by atoms with van der Waals surface area (Å²) in [6.07, 6.45) is 0. The number of hydrogen-bond donors (Lipinski definition) is 3. The molecule has 2 aromatic carbocycles. The lowest BCUT2D eigenvalue weighted by molar-refractivity contribution is 0.0962. The van der Waals surface area contributed by atoms with Crippen LogP contribution in [0.25, 0.3) is 0 Å². The SMILES string of the molecule is CNC(=O)c1ccc(NC(=O)c2ccc(N)cc2)c(C)c1. The molecule has 0 bridgehead atoms. The minimum atomic E-state index is -0.217. The van der Waals surface area contributed by atoms with Gasteiger partial charge in [-0.2, -0.15) is 0 Å². The van der Waals surface area contributed by atoms with Crippen molar-refractivity contribution in [2.24, 2.45) is 0 Å². The summed E-state index contributed by atoms with van der Waals surface area (Å²) in [5, 5.41) is 5.38. The fourth-order valence-electron chi connectivity index (χ4n) is 1.92. The third-order valence-corrected chi connectivity index (χ3v) is 3.14. The lowest BCUT2D eigenvalue weighted by Gasteiger charge is -2.10. The lowest BCUT2D eigenvalue weighted by atomic mass is 10.1. The largest absolute Gasteiger partial charge is 0.399 e. The second kappa shape index (κ2) is 6.09. The van der Waals surface area contributed by atoms with Crippen LogP contribution in [0.1, 0.15) is 26.3 Å². The lowest BCUT2D eigenvalue weighted by Crippen LogP contribution is -2.18. The number of hydrogen-bond acceptors (Lipinski definition) is 3. The maximum Gasteiger partial charge on any atom is 0.255 e. The highest BCUT2D eigenvalue weighted by molar-refractivity contribution is 6.05. The van der Waals surface area contributed by atoms with Crippen LogP contribution in [0, 0.1) is 6.92 Å². The molecule has 5 nitrogen and oxygen atoms in total. The summed E-state index contributed by atoms with van der Waals surface area (Å²) >= 11 is 0. The Bertz CT molecular complexity index is 678. The summed E-state index contributed by atoms with van der Waals surface area (Å²) in [7, 11) is 1.58. The first-order chi connectivity index (χ1) is 10.0. The van der Waals surface area contributed by atoms with E-state index < -0.39 is 0 Å². The molecule has 0 saturated carbocycles. The van der Waals surface area contributed by atoms with E-state index >= 15 is 0 Å². The number of rotatable bonds is 3. The number of nitrogen functional groups attached to an aromatic ring is 1. The Balaban J connectivity index is 2.18. The molecule has 0 spiro atoms. The molecule has 0 aliphatic rings. The fourth-order valence-corrected chi connectivity index (χ4v) is 1.92. The number of nitrogens with two attached hydrogens (primary N) is 1. The molecular formula is C16H17N3O2. The number of carbonyl (C=O) groups excluding carboxylic acids is 2. The number of amides is 2. The number of benzene rings is 2. The summed E-state index contributed by atoms with van der Waals surface area (Å²) in [4.78, 5) is 23.7. The smallest absolute Gasteiger partial charge is 0.255 e. The molecule has 0 unspecified atom stereocenters. The standard InChI is InChI=1S/C16H17N3O2/c1-10-9-12(15(20)18-2)5-8-14(10)19-16(21)11-3-6-13(17)7-4-11/h3-9H,17H2,1-2H3,(H,18,20)(H,19,21). The van der Waals surface area contributed by atoms with Crippen LogP contribution in [0.5, 0.6) is 0 Å². The molecule has 0 aliphatic carbocycles. The Hall–Kier alpha value is -2.82. The molecule has 0 radical (unpaired) electrons. The van der Waals surface area contributed by atoms with Gasteiger partial charge in [0.05, 0.1) is 0 Å². The number of aryl methyl sites for hydroxylation is 1. The summed E-state index contributed by atoms with van der Waals surface area (Å²) in [5.41, 5.74) is 8.77. The van der Waals surface area contributed by atoms with Crippen LogP contribution < -0.4 is 16.4 Å². The topological polar surface area (TPSA) is 84.2 Å². The van der Waals surface area contributed by atoms with Crippen molar-refractivity contribution in [1.82, 2.24) is 5.32 Å². The van der Waals surface area contributed by atoms with Gasteiger partial charge in [-0.25, -0.2) is 0 Å². The zero-order valence-corrected chi connectivity index (χ0v) is 11.9. The van der Waals surface area contributed by atoms with E-state index in [4.69, 9.17) is 5.73 Å². The van der Waals surface area contributed by atoms with E-state index in [1.807, 2.05) is 6.92 Å². The van der Waals surface area contributed by atoms with Gasteiger partial charge in [0, 0.05) is 29.5 Å². The number of carbonyl (C=O) groups is 2. The third-order valence-electron chi connectivity index (χ3n) is 3.14. The van der Waals surface area contributed by atoms with E-state index in [1.165, 1.54) is 0 Å². The molecule has 0 aliphatic heterocycles. The molecule has 2 amide bonds. The van der Waals surface area contributed by atoms with Crippen molar-refractivity contribution in [3.63, 3.8) is 0 Å². The van der Waals surface area contributed by atoms with Gasteiger partial charge in [-0.1, -0.05) is 0 Å². The summed E-state index contributed by atoms with van der Waals surface area (Å²) in [6.45, 7) is 1.84. The van der Waals surface area contributed by atoms with E-state index in [1.54, 1.807) is 49.5 Å². The first kappa shape index (κ1) is 14.6. The highest BCUT2D eigenvalue weighted by Gasteiger charge is 2.10. The van der Waals surface area contributed by atoms with Gasteiger partial charge in [-0.05, 0) is 55.0 Å². The van der Waals surface area contributed by atoms with Gasteiger partial charge in [0.25, 0.3) is 11.8 Å². The Labute approximate surface area is 123 Å². The first-order valence-corrected chi connectivity index (χ1v) is 6.51. The van der Waals surface area contributed by atoms with Crippen LogP contribution in [0.2, 0.25) is 0 Å². The van der Waals surface area contributed by atoms with E-state index in [0.29, 0.717) is 22.5 Å². The van der Waals surface area contributed by atoms with E-state index in [9.17, 15) is 9.59 Å². The molecule has 21 heavy (non-hydrogen) atoms. The van der Waals surface area contributed by atoms with Gasteiger partial charge in [-0.3, -0.25) is 9.59 Å². The van der Waals surface area contributed by atoms with E-state index in [-0.39, 0.29) is 11.8 Å². The van der Waals surface area contributed by atoms with Crippen molar-refractivity contribution in [2.45, 2.75) is 6.92 Å². The molecular weight excluding hydrogens is 266 g/mol. The second-order valence-electron chi connectivity index (χ2n) is 4.68. The molecule has 108 valence electrons. The molecule has 5 heteroatoms. The van der Waals surface area contributed by atoms with Crippen molar-refractivity contribution in [3.05, 3.63) is 59.2 Å². The van der Waals surface area contributed by atoms with Crippen molar-refractivity contribution in [2.75, 3.05) is 18.1 Å². The maximum atomic E-state index is 12.1. The average molecular weight is 283 g/mol. The van der Waals surface area contributed by atoms with Crippen molar-refractivity contribution >= 4 is 23.2 Å². The van der Waals surface area contributed by atoms with Gasteiger partial charge in [-0.15, -0.1) is 0 Å². The Morgan fingerprint density at radius 3 is 2.14 bits per heavy atom. The van der Waals surface area contributed by atoms with Crippen LogP contribution in [0.3, 0.4) is 0 Å². The third kappa shape index (κ3) is 3.39. The van der Waals surface area contributed by atoms with Gasteiger partial charge >= 0.3 is 0 Å². The molecule has 0 heterocycles. The Morgan fingerprint density at radius 1 is 0.952 bits per heavy atom. The van der Waals surface area contributed by atoms with Crippen LogP contribution in [0.15, 0.2) is 42.5 Å². The average Bonchev–Trinajstić information content (AvgIpc) is 2.49. The zero-order chi connectivity index (χ0) is 15.4. The molecule has 0 saturated heterocycles. The van der Waals surface area contributed by atoms with Gasteiger partial charge in [0.15, 0.2) is 0 Å². The quantitative estimate of drug-likeness (QED) is 0.755. The molecule has 0 atom stereocenters. The Morgan fingerprint density at radius 2 is 1.57 bits per heavy atom. The van der Waals surface area contributed by atoms with Gasteiger partial charge in [0.1, 0.15) is 0 Å². The monoisotopic (exact) mass is 283 g/mol. The molecule has 2 aromatic rings. The summed E-state index contributed by atoms with van der Waals surface area (Å²) in [6, 6.07) is 11.8. The molecule has 0 aromatic heterocycles. The van der Waals surface area contributed by atoms with E-state index in [2.05, 4.69) is 10.6 Å². The first-order valence-electron chi connectivity index (χ1n) is 6.51. The fraction of sp³-hybridized carbons (Fsp3) is 0.125. The highest BCUT2D eigenvalue weighted by Crippen LogP contribution is 2.18. The number of anilines is 2. The van der Waals surface area contributed by atoms with Crippen LogP contribution in [-0.2, 0) is 0 Å². The van der Waals surface area contributed by atoms with Crippen molar-refractivity contribution in [1.29, 1.82) is 0 Å². The van der Waals surface area contributed by atoms with Crippen LogP contribution in [-0.4, -0.2) is 18.9 Å². The number of nitrogens with one attached hydrogen (secondary N) is 2. The minimum Gasteiger partial charge on any atom is -0.399 e. The van der Waals surface area contributed by atoms with E-state index in [0.717, 1.165) is 5.56 Å². The Kier molecular flexibility index (Phi) is 4.23. The van der Waals surface area contributed by atoms with Crippen LogP contribution >= 0.6 is 0 Å². The molecule has 0 fully saturated rings. The van der Waals surface area contributed by atoms with Crippen LogP contribution in [0.4, 0.5) is 11.4 Å².